The highest BCUT2D eigenvalue weighted by Gasteiger charge is 2.37. The Bertz CT molecular complexity index is 746. The van der Waals surface area contributed by atoms with E-state index in [4.69, 9.17) is 0 Å². The molecule has 2 aliphatic rings. The number of aromatic nitrogens is 1. The van der Waals surface area contributed by atoms with E-state index in [1.807, 2.05) is 4.90 Å². The molecule has 1 aromatic carbocycles. The number of carbonyl (C=O) groups is 1. The topological polar surface area (TPSA) is 37.3 Å². The molecule has 0 bridgehead atoms. The minimum absolute atomic E-state index is 0.0934. The fourth-order valence-electron chi connectivity index (χ4n) is 4.90. The molecule has 1 saturated heterocycles. The summed E-state index contributed by atoms with van der Waals surface area (Å²) in [4.78, 5) is 15.0. The Hall–Kier alpha value is -2.23. The van der Waals surface area contributed by atoms with Crippen molar-refractivity contribution in [3.05, 3.63) is 59.9 Å². The highest BCUT2D eigenvalue weighted by molar-refractivity contribution is 5.75. The largest absolute Gasteiger partial charge is 0.353 e. The average molecular weight is 351 g/mol. The van der Waals surface area contributed by atoms with Gasteiger partial charge in [0.1, 0.15) is 0 Å². The van der Waals surface area contributed by atoms with E-state index >= 15 is 0 Å². The van der Waals surface area contributed by atoms with Crippen molar-refractivity contribution in [3.8, 4) is 0 Å². The predicted molar refractivity (Wildman–Crippen MR) is 104 cm³/mol. The fourth-order valence-corrected chi connectivity index (χ4v) is 4.90. The third kappa shape index (κ3) is 3.13. The molecule has 4 heteroatoms. The molecule has 4 nitrogen and oxygen atoms in total. The molecule has 0 spiro atoms. The van der Waals surface area contributed by atoms with Crippen LogP contribution in [0.5, 0.6) is 0 Å². The first kappa shape index (κ1) is 17.2. The van der Waals surface area contributed by atoms with Crippen molar-refractivity contribution in [1.29, 1.82) is 0 Å². The van der Waals surface area contributed by atoms with Gasteiger partial charge in [-0.05, 0) is 43.4 Å². The molecule has 26 heavy (non-hydrogen) atoms. The van der Waals surface area contributed by atoms with Gasteiger partial charge in [0.2, 0.25) is 0 Å². The molecule has 4 rings (SSSR count). The van der Waals surface area contributed by atoms with Gasteiger partial charge in [0, 0.05) is 37.4 Å². The van der Waals surface area contributed by atoms with Crippen LogP contribution >= 0.6 is 0 Å². The van der Waals surface area contributed by atoms with E-state index in [1.165, 1.54) is 36.9 Å². The van der Waals surface area contributed by atoms with Crippen molar-refractivity contribution in [2.45, 2.75) is 50.0 Å². The number of aryl methyl sites for hydroxylation is 1. The van der Waals surface area contributed by atoms with E-state index in [1.54, 1.807) is 0 Å². The molecule has 1 unspecified atom stereocenters. The van der Waals surface area contributed by atoms with E-state index < -0.39 is 0 Å². The second-order valence-electron chi connectivity index (χ2n) is 7.91. The molecule has 2 fully saturated rings. The maximum atomic E-state index is 13.0. The van der Waals surface area contributed by atoms with E-state index in [0.717, 1.165) is 25.9 Å². The minimum atomic E-state index is 0.0934. The lowest BCUT2D eigenvalue weighted by Crippen LogP contribution is -2.45. The Morgan fingerprint density at radius 1 is 1.12 bits per heavy atom. The zero-order valence-corrected chi connectivity index (χ0v) is 15.7. The number of nitrogens with zero attached hydrogens (tertiary/aromatic N) is 2. The summed E-state index contributed by atoms with van der Waals surface area (Å²) < 4.78 is 2.14. The van der Waals surface area contributed by atoms with Crippen LogP contribution in [0.3, 0.4) is 0 Å². The highest BCUT2D eigenvalue weighted by atomic mass is 16.2. The van der Waals surface area contributed by atoms with Crippen molar-refractivity contribution in [2.24, 2.45) is 7.05 Å². The van der Waals surface area contributed by atoms with Crippen LogP contribution < -0.4 is 5.32 Å². The lowest BCUT2D eigenvalue weighted by molar-refractivity contribution is 0.188. The van der Waals surface area contributed by atoms with Crippen LogP contribution in [-0.2, 0) is 12.5 Å². The molecule has 2 aromatic rings. The number of amides is 2. The van der Waals surface area contributed by atoms with Crippen molar-refractivity contribution < 1.29 is 4.79 Å². The standard InChI is InChI=1S/C22H29N3O/c1-24-15-7-11-19(24)20-12-8-16-25(20)21(26)23-17-22(13-5-6-14-22)18-9-3-2-4-10-18/h2-4,7,9-11,15,20H,5-6,8,12-14,16-17H2,1H3,(H,23,26). The third-order valence-corrected chi connectivity index (χ3v) is 6.36. The molecule has 2 amide bonds. The Labute approximate surface area is 156 Å². The average Bonchev–Trinajstić information content (AvgIpc) is 3.41. The molecule has 1 atom stereocenters. The van der Waals surface area contributed by atoms with E-state index in [-0.39, 0.29) is 17.5 Å². The molecule has 1 aromatic heterocycles. The summed E-state index contributed by atoms with van der Waals surface area (Å²) in [7, 11) is 2.06. The van der Waals surface area contributed by atoms with Crippen LogP contribution in [0.4, 0.5) is 4.79 Å². The molecule has 2 heterocycles. The summed E-state index contributed by atoms with van der Waals surface area (Å²) in [5.74, 6) is 0. The van der Waals surface area contributed by atoms with E-state index in [2.05, 4.69) is 65.6 Å². The van der Waals surface area contributed by atoms with Crippen LogP contribution in [0.15, 0.2) is 48.7 Å². The summed E-state index contributed by atoms with van der Waals surface area (Å²) in [5.41, 5.74) is 2.71. The quantitative estimate of drug-likeness (QED) is 0.872. The van der Waals surface area contributed by atoms with Gasteiger partial charge < -0.3 is 14.8 Å². The fraction of sp³-hybridized carbons (Fsp3) is 0.500. The van der Waals surface area contributed by atoms with Crippen LogP contribution in [-0.4, -0.2) is 28.6 Å². The van der Waals surface area contributed by atoms with Crippen molar-refractivity contribution >= 4 is 6.03 Å². The minimum Gasteiger partial charge on any atom is -0.353 e. The molecular formula is C22H29N3O. The van der Waals surface area contributed by atoms with Crippen molar-refractivity contribution in [2.75, 3.05) is 13.1 Å². The maximum Gasteiger partial charge on any atom is 0.317 e. The van der Waals surface area contributed by atoms with Gasteiger partial charge >= 0.3 is 6.03 Å². The van der Waals surface area contributed by atoms with Crippen LogP contribution in [0, 0.1) is 0 Å². The molecule has 1 saturated carbocycles. The van der Waals surface area contributed by atoms with Crippen LogP contribution in [0.25, 0.3) is 0 Å². The molecule has 1 aliphatic heterocycles. The first-order chi connectivity index (χ1) is 12.7. The van der Waals surface area contributed by atoms with Crippen LogP contribution in [0.1, 0.15) is 55.8 Å². The Kier molecular flexibility index (Phi) is 4.75. The molecule has 1 N–H and O–H groups in total. The first-order valence-electron chi connectivity index (χ1n) is 9.91. The Balaban J connectivity index is 1.47. The summed E-state index contributed by atoms with van der Waals surface area (Å²) >= 11 is 0. The Morgan fingerprint density at radius 2 is 1.88 bits per heavy atom. The van der Waals surface area contributed by atoms with Crippen molar-refractivity contribution in [3.63, 3.8) is 0 Å². The lowest BCUT2D eigenvalue weighted by atomic mass is 9.79. The summed E-state index contributed by atoms with van der Waals surface area (Å²) in [5, 5.41) is 3.29. The Morgan fingerprint density at radius 3 is 2.58 bits per heavy atom. The number of urea groups is 1. The first-order valence-corrected chi connectivity index (χ1v) is 9.91. The molecule has 0 radical (unpaired) electrons. The van der Waals surface area contributed by atoms with Gasteiger partial charge in [0.25, 0.3) is 0 Å². The van der Waals surface area contributed by atoms with E-state index in [0.29, 0.717) is 0 Å². The second-order valence-corrected chi connectivity index (χ2v) is 7.91. The maximum absolute atomic E-state index is 13.0. The molecule has 1 aliphatic carbocycles. The zero-order chi connectivity index (χ0) is 18.0. The number of benzene rings is 1. The third-order valence-electron chi connectivity index (χ3n) is 6.36. The molecular weight excluding hydrogens is 322 g/mol. The number of carbonyl (C=O) groups excluding carboxylic acids is 1. The lowest BCUT2D eigenvalue weighted by Gasteiger charge is -2.32. The summed E-state index contributed by atoms with van der Waals surface area (Å²) in [6.45, 7) is 1.59. The number of rotatable bonds is 4. The van der Waals surface area contributed by atoms with E-state index in [9.17, 15) is 4.79 Å². The smallest absolute Gasteiger partial charge is 0.317 e. The second kappa shape index (κ2) is 7.18. The van der Waals surface area contributed by atoms with Gasteiger partial charge in [-0.1, -0.05) is 43.2 Å². The van der Waals surface area contributed by atoms with Gasteiger partial charge in [-0.25, -0.2) is 4.79 Å². The van der Waals surface area contributed by atoms with Gasteiger partial charge in [-0.3, -0.25) is 0 Å². The zero-order valence-electron chi connectivity index (χ0n) is 15.7. The van der Waals surface area contributed by atoms with Gasteiger partial charge in [0.15, 0.2) is 0 Å². The van der Waals surface area contributed by atoms with Gasteiger partial charge in [-0.15, -0.1) is 0 Å². The monoisotopic (exact) mass is 351 g/mol. The summed E-state index contributed by atoms with van der Waals surface area (Å²) in [6.07, 6.45) is 9.02. The number of likely N-dealkylation sites (tertiary alicyclic amines) is 1. The van der Waals surface area contributed by atoms with Gasteiger partial charge in [-0.2, -0.15) is 0 Å². The van der Waals surface area contributed by atoms with Gasteiger partial charge in [0.05, 0.1) is 6.04 Å². The number of hydrogen-bond acceptors (Lipinski definition) is 1. The highest BCUT2D eigenvalue weighted by Crippen LogP contribution is 2.40. The number of nitrogens with one attached hydrogen (secondary N) is 1. The van der Waals surface area contributed by atoms with Crippen LogP contribution in [0.2, 0.25) is 0 Å². The van der Waals surface area contributed by atoms with Crippen molar-refractivity contribution in [1.82, 2.24) is 14.8 Å². The predicted octanol–water partition coefficient (Wildman–Crippen LogP) is 4.38. The summed E-state index contributed by atoms with van der Waals surface area (Å²) in [6, 6.07) is 15.2. The molecule has 138 valence electrons. The SMILES string of the molecule is Cn1cccc1C1CCCN1C(=O)NCC1(c2ccccc2)CCCC1. The normalized spacial score (nSPS) is 21.9. The number of hydrogen-bond donors (Lipinski definition) is 1.